The molecular formula is C26H22N6O9S4. The zero-order chi connectivity index (χ0) is 32.4. The summed E-state index contributed by atoms with van der Waals surface area (Å²) in [6.07, 6.45) is 1.43. The molecule has 0 saturated carbocycles. The predicted molar refractivity (Wildman–Crippen MR) is 167 cm³/mol. The first-order valence-electron chi connectivity index (χ1n) is 12.6. The van der Waals surface area contributed by atoms with Gasteiger partial charge in [-0.3, -0.25) is 14.5 Å². The topological polar surface area (TPSA) is 238 Å². The van der Waals surface area contributed by atoms with E-state index in [1.165, 1.54) is 41.4 Å². The first-order chi connectivity index (χ1) is 21.5. The molecule has 0 spiro atoms. The number of aromatic hydroxyl groups is 2. The number of oxime groups is 1. The van der Waals surface area contributed by atoms with Crippen molar-refractivity contribution in [3.8, 4) is 21.9 Å². The molecule has 1 saturated heterocycles. The monoisotopic (exact) mass is 690 g/mol. The summed E-state index contributed by atoms with van der Waals surface area (Å²) in [5.41, 5.74) is 5.85. The molecule has 3 aromatic rings. The number of nitrogen functional groups attached to an aromatic ring is 1. The van der Waals surface area contributed by atoms with Crippen LogP contribution in [-0.2, 0) is 19.2 Å². The molecule has 0 unspecified atom stereocenters. The van der Waals surface area contributed by atoms with Crippen molar-refractivity contribution in [3.05, 3.63) is 58.9 Å². The number of β-lactam (4-membered cyclic amide) rings is 1. The van der Waals surface area contributed by atoms with Gasteiger partial charge in [-0.1, -0.05) is 29.6 Å². The molecule has 1 fully saturated rings. The number of hydrogen-bond acceptors (Lipinski definition) is 15. The molecule has 7 N–H and O–H groups in total. The number of carboxylic acids is 2. The highest BCUT2D eigenvalue weighted by atomic mass is 32.2. The van der Waals surface area contributed by atoms with Crippen molar-refractivity contribution in [1.29, 1.82) is 0 Å². The number of fused-ring (bicyclic) bond motifs is 1. The maximum atomic E-state index is 13.2. The number of rotatable bonds is 12. The van der Waals surface area contributed by atoms with Crippen molar-refractivity contribution in [2.24, 2.45) is 5.16 Å². The lowest BCUT2D eigenvalue weighted by Gasteiger charge is -2.49. The molecule has 1 aromatic carbocycles. The molecule has 2 amide bonds. The lowest BCUT2D eigenvalue weighted by atomic mass is 10.0. The number of carboxylic acid groups (broad SMARTS) is 2. The number of phenols is 2. The second kappa shape index (κ2) is 13.2. The van der Waals surface area contributed by atoms with Crippen molar-refractivity contribution in [1.82, 2.24) is 20.2 Å². The van der Waals surface area contributed by atoms with Crippen LogP contribution >= 0.6 is 46.2 Å². The average Bonchev–Trinajstić information content (AvgIpc) is 3.64. The quantitative estimate of drug-likeness (QED) is 0.0304. The Kier molecular flexibility index (Phi) is 9.32. The van der Waals surface area contributed by atoms with Crippen molar-refractivity contribution in [2.45, 2.75) is 15.8 Å². The maximum absolute atomic E-state index is 13.2. The molecule has 234 valence electrons. The second-order valence-corrected chi connectivity index (χ2v) is 13.4. The predicted octanol–water partition coefficient (Wildman–Crippen LogP) is 2.40. The molecule has 0 aliphatic carbocycles. The van der Waals surface area contributed by atoms with Crippen molar-refractivity contribution < 1.29 is 44.4 Å². The van der Waals surface area contributed by atoms with Gasteiger partial charge in [0.05, 0.1) is 4.88 Å². The van der Waals surface area contributed by atoms with E-state index in [1.54, 1.807) is 0 Å². The standard InChI is InChI=1S/C26H22N6O9S4/c1-2-5-41-31-15(12-9-43-25(27)28-12)20(35)29-17-21(36)32-18(24(39)40)11(7-42-22(17)32)8-44-26-30-16(23(37)38)19(45-26)10-3-4-13(33)14(34)6-10/h2-4,6,9,17,22,33-34H,1,5,7-8H2,(H2,27,28)(H,29,35)(H,37,38)(H,39,40)/t17-,22-/m1/s1. The van der Waals surface area contributed by atoms with Crippen LogP contribution < -0.4 is 11.1 Å². The van der Waals surface area contributed by atoms with E-state index in [-0.39, 0.29) is 56.7 Å². The molecule has 45 heavy (non-hydrogen) atoms. The second-order valence-electron chi connectivity index (χ2n) is 9.17. The number of thioether (sulfide) groups is 2. The van der Waals surface area contributed by atoms with E-state index in [0.717, 1.165) is 39.3 Å². The third-order valence-electron chi connectivity index (χ3n) is 6.28. The van der Waals surface area contributed by atoms with Crippen LogP contribution in [0.5, 0.6) is 11.5 Å². The number of nitrogens with zero attached hydrogens (tertiary/aromatic N) is 4. The minimum absolute atomic E-state index is 0.0128. The number of amides is 2. The molecule has 0 radical (unpaired) electrons. The Morgan fingerprint density at radius 2 is 2.00 bits per heavy atom. The third-order valence-corrected chi connectivity index (χ3v) is 10.6. The van der Waals surface area contributed by atoms with Crippen LogP contribution in [0.15, 0.2) is 57.0 Å². The molecule has 4 heterocycles. The Bertz CT molecular complexity index is 1790. The number of carbonyl (C=O) groups is 4. The summed E-state index contributed by atoms with van der Waals surface area (Å²) < 4.78 is 0.313. The van der Waals surface area contributed by atoms with E-state index in [1.807, 2.05) is 0 Å². The summed E-state index contributed by atoms with van der Waals surface area (Å²) in [7, 11) is 0. The summed E-state index contributed by atoms with van der Waals surface area (Å²) >= 11 is 4.45. The van der Waals surface area contributed by atoms with E-state index in [4.69, 9.17) is 10.6 Å². The minimum atomic E-state index is -1.34. The molecule has 5 rings (SSSR count). The fourth-order valence-corrected chi connectivity index (χ4v) is 8.44. The molecule has 15 nitrogen and oxygen atoms in total. The van der Waals surface area contributed by atoms with Crippen LogP contribution in [-0.4, -0.2) is 94.3 Å². The number of anilines is 1. The summed E-state index contributed by atoms with van der Waals surface area (Å²) in [5.74, 6) is -4.55. The van der Waals surface area contributed by atoms with Gasteiger partial charge in [0.15, 0.2) is 32.4 Å². The van der Waals surface area contributed by atoms with Crippen LogP contribution in [0.1, 0.15) is 16.2 Å². The Morgan fingerprint density at radius 3 is 2.64 bits per heavy atom. The smallest absolute Gasteiger partial charge is 0.356 e. The molecule has 0 bridgehead atoms. The van der Waals surface area contributed by atoms with E-state index in [0.29, 0.717) is 15.5 Å². The first kappa shape index (κ1) is 31.8. The van der Waals surface area contributed by atoms with Gasteiger partial charge in [0.1, 0.15) is 29.4 Å². The van der Waals surface area contributed by atoms with E-state index < -0.39 is 40.9 Å². The van der Waals surface area contributed by atoms with Crippen LogP contribution in [0.3, 0.4) is 0 Å². The lowest BCUT2D eigenvalue weighted by Crippen LogP contribution is -2.71. The number of carbonyl (C=O) groups excluding carboxylic acids is 2. The Morgan fingerprint density at radius 1 is 1.22 bits per heavy atom. The average molecular weight is 691 g/mol. The van der Waals surface area contributed by atoms with Gasteiger partial charge < -0.3 is 36.3 Å². The summed E-state index contributed by atoms with van der Waals surface area (Å²) in [5, 5.41) is 46.6. The highest BCUT2D eigenvalue weighted by Crippen LogP contribution is 2.43. The number of aromatic carboxylic acids is 1. The first-order valence-corrected chi connectivity index (χ1v) is 16.4. The zero-order valence-electron chi connectivity index (χ0n) is 22.7. The number of aliphatic carboxylic acids is 1. The number of phenolic OH excluding ortho intramolecular Hbond substituents is 2. The summed E-state index contributed by atoms with van der Waals surface area (Å²) in [4.78, 5) is 65.1. The zero-order valence-corrected chi connectivity index (χ0v) is 26.0. The van der Waals surface area contributed by atoms with Crippen molar-refractivity contribution in [2.75, 3.05) is 23.8 Å². The van der Waals surface area contributed by atoms with Gasteiger partial charge in [0.25, 0.3) is 11.8 Å². The van der Waals surface area contributed by atoms with Gasteiger partial charge in [0.2, 0.25) is 0 Å². The normalized spacial score (nSPS) is 17.8. The highest BCUT2D eigenvalue weighted by molar-refractivity contribution is 8.02. The number of nitrogens with one attached hydrogen (secondary N) is 1. The van der Waals surface area contributed by atoms with Gasteiger partial charge in [-0.05, 0) is 29.3 Å². The molecule has 2 aromatic heterocycles. The fraction of sp³-hybridized carbons (Fsp3) is 0.192. The number of thiazole rings is 2. The summed E-state index contributed by atoms with van der Waals surface area (Å²) in [6.45, 7) is 3.53. The number of hydrogen-bond donors (Lipinski definition) is 6. The van der Waals surface area contributed by atoms with E-state index in [9.17, 15) is 39.6 Å². The number of aromatic nitrogens is 2. The third kappa shape index (κ3) is 6.46. The molecule has 2 aliphatic rings. The van der Waals surface area contributed by atoms with Crippen molar-refractivity contribution >= 4 is 80.8 Å². The fourth-order valence-electron chi connectivity index (χ4n) is 4.28. The largest absolute Gasteiger partial charge is 0.504 e. The van der Waals surface area contributed by atoms with E-state index >= 15 is 0 Å². The van der Waals surface area contributed by atoms with Gasteiger partial charge in [-0.25, -0.2) is 19.6 Å². The van der Waals surface area contributed by atoms with E-state index in [2.05, 4.69) is 27.0 Å². The van der Waals surface area contributed by atoms with Gasteiger partial charge in [-0.15, -0.1) is 34.4 Å². The molecular weight excluding hydrogens is 669 g/mol. The lowest BCUT2D eigenvalue weighted by molar-refractivity contribution is -0.150. The SMILES string of the molecule is C=CCON=C(C(=O)N[C@@H]1C(=O)N2C(C(=O)O)=C(CSc3nc(C(=O)O)c(-c4ccc(O)c(O)c4)s3)CS[C@H]12)c1csc(N)n1. The molecule has 19 heteroatoms. The maximum Gasteiger partial charge on any atom is 0.356 e. The van der Waals surface area contributed by atoms with Crippen molar-refractivity contribution in [3.63, 3.8) is 0 Å². The Balaban J connectivity index is 1.32. The Labute approximate surface area is 270 Å². The minimum Gasteiger partial charge on any atom is -0.504 e. The summed E-state index contributed by atoms with van der Waals surface area (Å²) in [6, 6.07) is 2.83. The highest BCUT2D eigenvalue weighted by Gasteiger charge is 2.54. The van der Waals surface area contributed by atoms with Gasteiger partial charge in [-0.2, -0.15) is 0 Å². The van der Waals surface area contributed by atoms with Gasteiger partial charge in [0, 0.05) is 16.9 Å². The van der Waals surface area contributed by atoms with Gasteiger partial charge >= 0.3 is 11.9 Å². The number of nitrogens with two attached hydrogens (primary N) is 1. The molecule has 2 aliphatic heterocycles. The van der Waals surface area contributed by atoms with Crippen LogP contribution in [0.25, 0.3) is 10.4 Å². The van der Waals surface area contributed by atoms with Crippen LogP contribution in [0, 0.1) is 0 Å². The molecule has 2 atom stereocenters. The van der Waals surface area contributed by atoms with Crippen LogP contribution in [0.4, 0.5) is 5.13 Å². The number of benzene rings is 1. The van der Waals surface area contributed by atoms with Crippen LogP contribution in [0.2, 0.25) is 0 Å². The Hall–Kier alpha value is -4.59.